The van der Waals surface area contributed by atoms with Crippen molar-refractivity contribution in [1.82, 2.24) is 5.32 Å². The van der Waals surface area contributed by atoms with Gasteiger partial charge < -0.3 is 5.32 Å². The summed E-state index contributed by atoms with van der Waals surface area (Å²) in [6, 6.07) is 10.1. The number of rotatable bonds is 6. The Hall–Kier alpha value is -0.960. The van der Waals surface area contributed by atoms with E-state index in [9.17, 15) is 4.79 Å². The average Bonchev–Trinajstić information content (AvgIpc) is 2.30. The van der Waals surface area contributed by atoms with Gasteiger partial charge >= 0.3 is 0 Å². The number of amides is 1. The number of nitrogens with one attached hydrogen (secondary N) is 1. The van der Waals surface area contributed by atoms with Crippen LogP contribution in [0.25, 0.3) is 0 Å². The molecule has 3 heteroatoms. The summed E-state index contributed by atoms with van der Waals surface area (Å²) in [7, 11) is 0. The molecule has 0 unspecified atom stereocenters. The van der Waals surface area contributed by atoms with E-state index in [1.54, 1.807) is 11.8 Å². The monoisotopic (exact) mass is 251 g/mol. The van der Waals surface area contributed by atoms with Crippen molar-refractivity contribution in [2.45, 2.75) is 32.7 Å². The molecule has 0 heterocycles. The molecule has 0 fully saturated rings. The van der Waals surface area contributed by atoms with Crippen LogP contribution in [0.1, 0.15) is 32.8 Å². The third kappa shape index (κ3) is 4.82. The Morgan fingerprint density at radius 1 is 1.29 bits per heavy atom. The predicted octanol–water partition coefficient (Wildman–Crippen LogP) is 3.18. The summed E-state index contributed by atoms with van der Waals surface area (Å²) in [6.07, 6.45) is 0.592. The lowest BCUT2D eigenvalue weighted by molar-refractivity contribution is -0.122. The third-order valence-electron chi connectivity index (χ3n) is 2.62. The first kappa shape index (κ1) is 14.1. The van der Waals surface area contributed by atoms with Gasteiger partial charge in [-0.2, -0.15) is 11.8 Å². The summed E-state index contributed by atoms with van der Waals surface area (Å²) in [5, 5.41) is 3.08. The van der Waals surface area contributed by atoms with Crippen LogP contribution in [-0.2, 0) is 10.3 Å². The van der Waals surface area contributed by atoms with E-state index in [1.807, 2.05) is 44.2 Å². The first-order valence-electron chi connectivity index (χ1n) is 6.00. The molecule has 0 aromatic heterocycles. The molecular weight excluding hydrogens is 230 g/mol. The molecule has 0 radical (unpaired) electrons. The van der Waals surface area contributed by atoms with Gasteiger partial charge in [-0.1, -0.05) is 37.3 Å². The maximum atomic E-state index is 11.8. The first-order valence-corrected chi connectivity index (χ1v) is 7.16. The molecular formula is C14H21NOS. The van der Waals surface area contributed by atoms with E-state index >= 15 is 0 Å². The van der Waals surface area contributed by atoms with Crippen LogP contribution >= 0.6 is 11.8 Å². The summed E-state index contributed by atoms with van der Waals surface area (Å²) in [6.45, 7) is 6.18. The maximum Gasteiger partial charge on any atom is 0.221 e. The molecule has 0 saturated heterocycles. The highest BCUT2D eigenvalue weighted by Gasteiger charge is 2.21. The molecule has 1 rings (SSSR count). The topological polar surface area (TPSA) is 29.1 Å². The number of thioether (sulfide) groups is 1. The van der Waals surface area contributed by atoms with E-state index in [0.29, 0.717) is 6.42 Å². The number of carbonyl (C=O) groups excluding carboxylic acids is 1. The molecule has 0 aliphatic heterocycles. The highest BCUT2D eigenvalue weighted by atomic mass is 32.2. The van der Waals surface area contributed by atoms with Crippen molar-refractivity contribution in [3.05, 3.63) is 35.9 Å². The fourth-order valence-corrected chi connectivity index (χ4v) is 2.27. The van der Waals surface area contributed by atoms with Crippen LogP contribution < -0.4 is 5.32 Å². The zero-order valence-electron chi connectivity index (χ0n) is 10.8. The quantitative estimate of drug-likeness (QED) is 0.787. The Morgan fingerprint density at radius 3 is 2.53 bits per heavy atom. The Balaban J connectivity index is 2.52. The van der Waals surface area contributed by atoms with Crippen molar-refractivity contribution in [1.29, 1.82) is 0 Å². The summed E-state index contributed by atoms with van der Waals surface area (Å²) >= 11 is 1.80. The highest BCUT2D eigenvalue weighted by Crippen LogP contribution is 2.19. The van der Waals surface area contributed by atoms with Gasteiger partial charge in [0.1, 0.15) is 0 Å². The minimum absolute atomic E-state index is 0.125. The van der Waals surface area contributed by atoms with Gasteiger partial charge in [0.15, 0.2) is 0 Å². The highest BCUT2D eigenvalue weighted by molar-refractivity contribution is 7.99. The van der Waals surface area contributed by atoms with Crippen LogP contribution in [0.3, 0.4) is 0 Å². The number of benzene rings is 1. The Morgan fingerprint density at radius 2 is 1.94 bits per heavy atom. The van der Waals surface area contributed by atoms with Crippen molar-refractivity contribution in [3.63, 3.8) is 0 Å². The van der Waals surface area contributed by atoms with Crippen molar-refractivity contribution in [3.8, 4) is 0 Å². The number of hydrogen-bond acceptors (Lipinski definition) is 2. The molecule has 0 spiro atoms. The molecule has 94 valence electrons. The maximum absolute atomic E-state index is 11.8. The minimum Gasteiger partial charge on any atom is -0.347 e. The Labute approximate surface area is 108 Å². The Bertz CT molecular complexity index is 348. The molecule has 1 N–H and O–H groups in total. The molecule has 0 aliphatic carbocycles. The molecule has 1 amide bonds. The van der Waals surface area contributed by atoms with Crippen molar-refractivity contribution in [2.24, 2.45) is 0 Å². The van der Waals surface area contributed by atoms with Gasteiger partial charge in [-0.25, -0.2) is 0 Å². The van der Waals surface area contributed by atoms with Gasteiger partial charge in [0, 0.05) is 12.2 Å². The summed E-state index contributed by atoms with van der Waals surface area (Å²) in [5.74, 6) is 2.09. The fraction of sp³-hybridized carbons (Fsp3) is 0.500. The third-order valence-corrected chi connectivity index (χ3v) is 3.53. The van der Waals surface area contributed by atoms with E-state index in [2.05, 4.69) is 12.2 Å². The zero-order valence-corrected chi connectivity index (χ0v) is 11.6. The van der Waals surface area contributed by atoms with Crippen LogP contribution in [0.15, 0.2) is 30.3 Å². The molecule has 0 saturated carbocycles. The first-order chi connectivity index (χ1) is 8.06. The zero-order chi connectivity index (χ0) is 12.7. The van der Waals surface area contributed by atoms with Gasteiger partial charge in [0.05, 0.1) is 5.54 Å². The lowest BCUT2D eigenvalue weighted by Gasteiger charge is -2.27. The minimum atomic E-state index is -0.296. The Kier molecular flexibility index (Phi) is 5.56. The van der Waals surface area contributed by atoms with Crippen molar-refractivity contribution < 1.29 is 4.79 Å². The average molecular weight is 251 g/mol. The van der Waals surface area contributed by atoms with Crippen LogP contribution in [-0.4, -0.2) is 17.4 Å². The van der Waals surface area contributed by atoms with Gasteiger partial charge in [-0.05, 0) is 25.2 Å². The number of hydrogen-bond donors (Lipinski definition) is 1. The predicted molar refractivity (Wildman–Crippen MR) is 75.2 cm³/mol. The lowest BCUT2D eigenvalue weighted by Crippen LogP contribution is -2.41. The second-order valence-electron chi connectivity index (χ2n) is 4.49. The van der Waals surface area contributed by atoms with Crippen molar-refractivity contribution in [2.75, 3.05) is 11.5 Å². The second-order valence-corrected chi connectivity index (χ2v) is 5.88. The van der Waals surface area contributed by atoms with E-state index < -0.39 is 0 Å². The lowest BCUT2D eigenvalue weighted by atomic mass is 9.94. The molecule has 0 bridgehead atoms. The fourth-order valence-electron chi connectivity index (χ4n) is 1.65. The van der Waals surface area contributed by atoms with E-state index in [-0.39, 0.29) is 11.4 Å². The largest absolute Gasteiger partial charge is 0.347 e. The normalized spacial score (nSPS) is 11.2. The summed E-state index contributed by atoms with van der Waals surface area (Å²) < 4.78 is 0. The van der Waals surface area contributed by atoms with Crippen LogP contribution in [0.4, 0.5) is 0 Å². The molecule has 1 aromatic carbocycles. The molecule has 2 nitrogen and oxygen atoms in total. The standard InChI is InChI=1S/C14H21NOS/c1-4-17-11-10-13(16)15-14(2,3)12-8-6-5-7-9-12/h5-9H,4,10-11H2,1-3H3,(H,15,16). The molecule has 17 heavy (non-hydrogen) atoms. The van der Waals surface area contributed by atoms with E-state index in [0.717, 1.165) is 17.1 Å². The van der Waals surface area contributed by atoms with Crippen LogP contribution in [0.2, 0.25) is 0 Å². The van der Waals surface area contributed by atoms with Gasteiger partial charge in [-0.15, -0.1) is 0 Å². The smallest absolute Gasteiger partial charge is 0.221 e. The molecule has 0 atom stereocenters. The van der Waals surface area contributed by atoms with Crippen LogP contribution in [0.5, 0.6) is 0 Å². The second kappa shape index (κ2) is 6.70. The van der Waals surface area contributed by atoms with Gasteiger partial charge in [0.25, 0.3) is 0 Å². The van der Waals surface area contributed by atoms with Crippen LogP contribution in [0, 0.1) is 0 Å². The summed E-state index contributed by atoms with van der Waals surface area (Å²) in [4.78, 5) is 11.8. The van der Waals surface area contributed by atoms with E-state index in [4.69, 9.17) is 0 Å². The SMILES string of the molecule is CCSCCC(=O)NC(C)(C)c1ccccc1. The molecule has 1 aromatic rings. The van der Waals surface area contributed by atoms with Crippen molar-refractivity contribution >= 4 is 17.7 Å². The molecule has 0 aliphatic rings. The van der Waals surface area contributed by atoms with Gasteiger partial charge in [-0.3, -0.25) is 4.79 Å². The number of carbonyl (C=O) groups is 1. The van der Waals surface area contributed by atoms with E-state index in [1.165, 1.54) is 0 Å². The summed E-state index contributed by atoms with van der Waals surface area (Å²) in [5.41, 5.74) is 0.839. The van der Waals surface area contributed by atoms with Gasteiger partial charge in [0.2, 0.25) is 5.91 Å².